The summed E-state index contributed by atoms with van der Waals surface area (Å²) < 4.78 is 6.30. The highest BCUT2D eigenvalue weighted by Gasteiger charge is 2.29. The lowest BCUT2D eigenvalue weighted by atomic mass is 10.0. The van der Waals surface area contributed by atoms with Crippen LogP contribution < -0.4 is 4.90 Å². The average molecular weight is 543 g/mol. The number of rotatable bonds is 4. The molecule has 0 saturated carbocycles. The molecule has 9 rings (SSSR count). The second-order valence-corrected chi connectivity index (χ2v) is 11.3. The van der Waals surface area contributed by atoms with E-state index in [9.17, 15) is 0 Å². The molecule has 0 spiro atoms. The Bertz CT molecular complexity index is 2240. The summed E-state index contributed by atoms with van der Waals surface area (Å²) in [5.41, 5.74) is 9.81. The fourth-order valence-electron chi connectivity index (χ4n) is 6.29. The van der Waals surface area contributed by atoms with Crippen LogP contribution in [-0.2, 0) is 0 Å². The Kier molecular flexibility index (Phi) is 4.77. The van der Waals surface area contributed by atoms with Gasteiger partial charge in [-0.25, -0.2) is 4.98 Å². The number of hydrogen-bond donors (Lipinski definition) is 0. The van der Waals surface area contributed by atoms with Crippen molar-refractivity contribution < 1.29 is 4.42 Å². The van der Waals surface area contributed by atoms with Gasteiger partial charge in [-0.3, -0.25) is 0 Å². The van der Waals surface area contributed by atoms with Crippen LogP contribution in [0.4, 0.5) is 17.1 Å². The van der Waals surface area contributed by atoms with Crippen LogP contribution in [0.2, 0.25) is 0 Å². The number of aromatic nitrogens is 1. The van der Waals surface area contributed by atoms with Gasteiger partial charge >= 0.3 is 0 Å². The lowest BCUT2D eigenvalue weighted by Crippen LogP contribution is -2.10. The number of furan rings is 1. The molecule has 0 radical (unpaired) electrons. The molecule has 0 bridgehead atoms. The summed E-state index contributed by atoms with van der Waals surface area (Å²) in [6.07, 6.45) is 0. The molecule has 0 aliphatic heterocycles. The summed E-state index contributed by atoms with van der Waals surface area (Å²) in [4.78, 5) is 8.78. The minimum absolute atomic E-state index is 0.885. The predicted molar refractivity (Wildman–Crippen MR) is 171 cm³/mol. The molecule has 2 heterocycles. The van der Waals surface area contributed by atoms with Gasteiger partial charge in [-0.1, -0.05) is 97.1 Å². The van der Waals surface area contributed by atoms with Crippen LogP contribution in [0, 0.1) is 0 Å². The Morgan fingerprint density at radius 1 is 0.537 bits per heavy atom. The molecule has 0 unspecified atom stereocenters. The zero-order chi connectivity index (χ0) is 26.9. The van der Waals surface area contributed by atoms with Gasteiger partial charge in [-0.15, -0.1) is 11.3 Å². The number of para-hydroxylation sites is 2. The largest absolute Gasteiger partial charge is 0.456 e. The molecule has 2 aromatic heterocycles. The molecule has 1 aliphatic rings. The number of benzene rings is 6. The van der Waals surface area contributed by atoms with Gasteiger partial charge < -0.3 is 9.32 Å². The van der Waals surface area contributed by atoms with Crippen LogP contribution in [0.25, 0.3) is 65.0 Å². The highest BCUT2D eigenvalue weighted by atomic mass is 32.1. The number of fused-ring (bicyclic) bond motifs is 6. The first-order valence-corrected chi connectivity index (χ1v) is 14.5. The first-order chi connectivity index (χ1) is 20.3. The summed E-state index contributed by atoms with van der Waals surface area (Å²) in [6, 6.07) is 46.9. The zero-order valence-corrected chi connectivity index (χ0v) is 22.7. The quantitative estimate of drug-likeness (QED) is 0.221. The fraction of sp³-hybridized carbons (Fsp3) is 0. The average Bonchev–Trinajstić information content (AvgIpc) is 3.72. The molecular formula is C37H22N2OS. The summed E-state index contributed by atoms with van der Waals surface area (Å²) in [5, 5.41) is 5.77. The predicted octanol–water partition coefficient (Wildman–Crippen LogP) is 11.0. The molecule has 0 atom stereocenters. The minimum Gasteiger partial charge on any atom is -0.456 e. The highest BCUT2D eigenvalue weighted by molar-refractivity contribution is 7.19. The standard InChI is InChI=1S/C37H22N2OS/c1-3-11-23(12-4-1)37-38-35-27-17-9-16-25-29(22-21-28(33(25)27)36(35)41-37)39(24-13-5-2-6-14-24)30-18-10-20-32-34(30)26-15-7-8-19-31(26)40-32/h1-22H. The van der Waals surface area contributed by atoms with Crippen LogP contribution in [0.3, 0.4) is 0 Å². The van der Waals surface area contributed by atoms with Crippen LogP contribution in [0.15, 0.2) is 138 Å². The van der Waals surface area contributed by atoms with E-state index in [1.807, 2.05) is 18.2 Å². The first kappa shape index (κ1) is 22.6. The van der Waals surface area contributed by atoms with Crippen molar-refractivity contribution in [2.24, 2.45) is 0 Å². The molecule has 41 heavy (non-hydrogen) atoms. The summed E-state index contributed by atoms with van der Waals surface area (Å²) in [6.45, 7) is 0. The van der Waals surface area contributed by atoms with Crippen molar-refractivity contribution in [1.82, 2.24) is 4.98 Å². The Morgan fingerprint density at radius 3 is 2.15 bits per heavy atom. The molecule has 1 aliphatic carbocycles. The van der Waals surface area contributed by atoms with E-state index in [2.05, 4.69) is 120 Å². The van der Waals surface area contributed by atoms with Crippen molar-refractivity contribution in [2.45, 2.75) is 0 Å². The molecule has 6 aromatic carbocycles. The van der Waals surface area contributed by atoms with Gasteiger partial charge in [0.15, 0.2) is 0 Å². The molecule has 0 fully saturated rings. The smallest absolute Gasteiger partial charge is 0.137 e. The lowest BCUT2D eigenvalue weighted by molar-refractivity contribution is 0.669. The SMILES string of the molecule is c1ccc(-c2nc3c(s2)-c2ccc(N(c4ccccc4)c4cccc5oc6ccccc6c45)c4cccc-3c24)cc1. The molecular weight excluding hydrogens is 520 g/mol. The van der Waals surface area contributed by atoms with Gasteiger partial charge in [0.05, 0.1) is 27.3 Å². The number of thiazole rings is 1. The summed E-state index contributed by atoms with van der Waals surface area (Å²) in [5.74, 6) is 0. The van der Waals surface area contributed by atoms with Crippen LogP contribution >= 0.6 is 11.3 Å². The lowest BCUT2D eigenvalue weighted by Gasteiger charge is -2.28. The molecule has 8 aromatic rings. The monoisotopic (exact) mass is 542 g/mol. The van der Waals surface area contributed by atoms with E-state index < -0.39 is 0 Å². The Hall–Kier alpha value is -5.19. The van der Waals surface area contributed by atoms with Gasteiger partial charge in [0.25, 0.3) is 0 Å². The molecule has 0 N–H and O–H groups in total. The fourth-order valence-corrected chi connectivity index (χ4v) is 7.41. The van der Waals surface area contributed by atoms with Crippen molar-refractivity contribution in [3.05, 3.63) is 133 Å². The van der Waals surface area contributed by atoms with E-state index >= 15 is 0 Å². The van der Waals surface area contributed by atoms with Gasteiger partial charge in [0.1, 0.15) is 16.2 Å². The number of anilines is 3. The van der Waals surface area contributed by atoms with Gasteiger partial charge in [-0.2, -0.15) is 0 Å². The van der Waals surface area contributed by atoms with Gasteiger partial charge in [0, 0.05) is 38.5 Å². The van der Waals surface area contributed by atoms with Crippen molar-refractivity contribution in [2.75, 3.05) is 4.90 Å². The van der Waals surface area contributed by atoms with E-state index in [-0.39, 0.29) is 0 Å². The van der Waals surface area contributed by atoms with Gasteiger partial charge in [0.2, 0.25) is 0 Å². The van der Waals surface area contributed by atoms with E-state index in [1.165, 1.54) is 26.8 Å². The normalized spacial score (nSPS) is 11.9. The molecule has 192 valence electrons. The van der Waals surface area contributed by atoms with Crippen molar-refractivity contribution in [1.29, 1.82) is 0 Å². The van der Waals surface area contributed by atoms with E-state index in [0.29, 0.717) is 0 Å². The summed E-state index contributed by atoms with van der Waals surface area (Å²) in [7, 11) is 0. The van der Waals surface area contributed by atoms with E-state index in [1.54, 1.807) is 11.3 Å². The Balaban J connectivity index is 1.30. The second kappa shape index (κ2) is 8.65. The van der Waals surface area contributed by atoms with E-state index in [0.717, 1.165) is 55.3 Å². The third-order valence-corrected chi connectivity index (χ3v) is 9.18. The molecule has 4 heteroatoms. The maximum atomic E-state index is 6.30. The molecule has 0 saturated heterocycles. The topological polar surface area (TPSA) is 29.3 Å². The third kappa shape index (κ3) is 3.28. The third-order valence-electron chi connectivity index (χ3n) is 8.04. The van der Waals surface area contributed by atoms with Crippen LogP contribution in [-0.4, -0.2) is 4.98 Å². The van der Waals surface area contributed by atoms with Gasteiger partial charge in [-0.05, 0) is 36.4 Å². The van der Waals surface area contributed by atoms with Crippen molar-refractivity contribution in [3.8, 4) is 32.3 Å². The molecule has 3 nitrogen and oxygen atoms in total. The second-order valence-electron chi connectivity index (χ2n) is 10.3. The van der Waals surface area contributed by atoms with Crippen LogP contribution in [0.1, 0.15) is 0 Å². The maximum absolute atomic E-state index is 6.30. The Morgan fingerprint density at radius 2 is 1.27 bits per heavy atom. The minimum atomic E-state index is 0.885. The van der Waals surface area contributed by atoms with Crippen LogP contribution in [0.5, 0.6) is 0 Å². The Labute approximate surface area is 240 Å². The van der Waals surface area contributed by atoms with Crippen molar-refractivity contribution >= 4 is 61.1 Å². The first-order valence-electron chi connectivity index (χ1n) is 13.7. The summed E-state index contributed by atoms with van der Waals surface area (Å²) >= 11 is 1.78. The molecule has 0 amide bonds. The highest BCUT2D eigenvalue weighted by Crippen LogP contribution is 2.54. The maximum Gasteiger partial charge on any atom is 0.137 e. The number of nitrogens with zero attached hydrogens (tertiary/aromatic N) is 2. The van der Waals surface area contributed by atoms with Crippen molar-refractivity contribution in [3.63, 3.8) is 0 Å². The zero-order valence-electron chi connectivity index (χ0n) is 21.9. The van der Waals surface area contributed by atoms with E-state index in [4.69, 9.17) is 9.40 Å². The number of hydrogen-bond acceptors (Lipinski definition) is 4.